The predicted octanol–water partition coefficient (Wildman–Crippen LogP) is 5.44. The summed E-state index contributed by atoms with van der Waals surface area (Å²) in [6.07, 6.45) is 4.47. The molecular weight excluding hydrogens is 340 g/mol. The third-order valence-corrected chi connectivity index (χ3v) is 5.05. The molecule has 0 aliphatic carbocycles. The van der Waals surface area contributed by atoms with Gasteiger partial charge in [0.2, 0.25) is 0 Å². The molecule has 2 aromatic carbocycles. The standard InChI is InChI=1S/C23H25ClN2/c1-16-5-6-19(11-17(16)2)13-21-15-26(4)14-20(23(21)25-3)12-18-7-9-22(24)10-8-18/h5-13H,14-15H2,1-4H3/b20-12+,21-13+,25-23-. The molecule has 0 atom stereocenters. The van der Waals surface area contributed by atoms with E-state index in [1.54, 1.807) is 0 Å². The average Bonchev–Trinajstić information content (AvgIpc) is 2.60. The van der Waals surface area contributed by atoms with Gasteiger partial charge in [0.1, 0.15) is 0 Å². The molecule has 3 rings (SSSR count). The summed E-state index contributed by atoms with van der Waals surface area (Å²) in [5.74, 6) is 0. The molecule has 0 saturated carbocycles. The monoisotopic (exact) mass is 364 g/mol. The molecule has 1 aliphatic rings. The van der Waals surface area contributed by atoms with Crippen molar-refractivity contribution in [1.29, 1.82) is 0 Å². The Morgan fingerprint density at radius 2 is 1.46 bits per heavy atom. The molecule has 0 unspecified atom stereocenters. The fraction of sp³-hybridized carbons (Fsp3) is 0.261. The Hall–Kier alpha value is -2.16. The van der Waals surface area contributed by atoms with Gasteiger partial charge in [0.25, 0.3) is 0 Å². The van der Waals surface area contributed by atoms with E-state index in [4.69, 9.17) is 11.6 Å². The molecule has 0 amide bonds. The topological polar surface area (TPSA) is 15.6 Å². The van der Waals surface area contributed by atoms with E-state index in [-0.39, 0.29) is 0 Å². The molecule has 0 bridgehead atoms. The van der Waals surface area contributed by atoms with Crippen LogP contribution in [-0.4, -0.2) is 37.8 Å². The summed E-state index contributed by atoms with van der Waals surface area (Å²) in [5, 5.41) is 0.757. The maximum Gasteiger partial charge on any atom is 0.0661 e. The number of aliphatic imine (C=N–C) groups is 1. The SMILES string of the molecule is C/N=C1C(=C/c2ccc(Cl)cc2)/CN(C)CC/1=C\c1ccc(C)c(C)c1. The van der Waals surface area contributed by atoms with Gasteiger partial charge in [0, 0.05) is 25.2 Å². The number of halogens is 1. The van der Waals surface area contributed by atoms with Gasteiger partial charge < -0.3 is 0 Å². The number of likely N-dealkylation sites (tertiary alicyclic amines) is 1. The average molecular weight is 365 g/mol. The Kier molecular flexibility index (Phi) is 5.75. The van der Waals surface area contributed by atoms with Gasteiger partial charge >= 0.3 is 0 Å². The Morgan fingerprint density at radius 1 is 0.885 bits per heavy atom. The number of hydrogen-bond acceptors (Lipinski definition) is 2. The van der Waals surface area contributed by atoms with Crippen molar-refractivity contribution in [3.05, 3.63) is 80.9 Å². The minimum Gasteiger partial charge on any atom is -0.298 e. The lowest BCUT2D eigenvalue weighted by Crippen LogP contribution is -2.34. The summed E-state index contributed by atoms with van der Waals surface area (Å²) in [6.45, 7) is 6.09. The molecular formula is C23H25ClN2. The second-order valence-electron chi connectivity index (χ2n) is 6.98. The summed E-state index contributed by atoms with van der Waals surface area (Å²) in [4.78, 5) is 6.94. The van der Waals surface area contributed by atoms with Crippen LogP contribution in [0.5, 0.6) is 0 Å². The third kappa shape index (κ3) is 4.32. The number of benzene rings is 2. The second-order valence-corrected chi connectivity index (χ2v) is 7.42. The van der Waals surface area contributed by atoms with Crippen LogP contribution in [0.25, 0.3) is 12.2 Å². The zero-order chi connectivity index (χ0) is 18.7. The first kappa shape index (κ1) is 18.6. The summed E-state index contributed by atoms with van der Waals surface area (Å²) in [6, 6.07) is 14.5. The first-order valence-electron chi connectivity index (χ1n) is 8.86. The van der Waals surface area contributed by atoms with Crippen LogP contribution >= 0.6 is 11.6 Å². The van der Waals surface area contributed by atoms with Gasteiger partial charge in [-0.1, -0.05) is 41.9 Å². The van der Waals surface area contributed by atoms with Crippen LogP contribution in [0.3, 0.4) is 0 Å². The summed E-state index contributed by atoms with van der Waals surface area (Å²) >= 11 is 6.01. The van der Waals surface area contributed by atoms with Crippen LogP contribution in [0, 0.1) is 13.8 Å². The van der Waals surface area contributed by atoms with Gasteiger partial charge in [-0.2, -0.15) is 0 Å². The first-order valence-corrected chi connectivity index (χ1v) is 9.24. The zero-order valence-corrected chi connectivity index (χ0v) is 16.6. The van der Waals surface area contributed by atoms with Crippen LogP contribution < -0.4 is 0 Å². The van der Waals surface area contributed by atoms with Gasteiger partial charge in [-0.15, -0.1) is 0 Å². The molecule has 1 saturated heterocycles. The fourth-order valence-electron chi connectivity index (χ4n) is 3.32. The third-order valence-electron chi connectivity index (χ3n) is 4.80. The number of rotatable bonds is 2. The van der Waals surface area contributed by atoms with Crippen molar-refractivity contribution < 1.29 is 0 Å². The molecule has 0 aromatic heterocycles. The Morgan fingerprint density at radius 3 is 2.04 bits per heavy atom. The van der Waals surface area contributed by atoms with Crippen LogP contribution in [0.4, 0.5) is 0 Å². The lowest BCUT2D eigenvalue weighted by atomic mass is 9.93. The van der Waals surface area contributed by atoms with Crippen LogP contribution in [-0.2, 0) is 0 Å². The number of aryl methyl sites for hydroxylation is 2. The van der Waals surface area contributed by atoms with Crippen molar-refractivity contribution in [3.8, 4) is 0 Å². The molecule has 26 heavy (non-hydrogen) atoms. The number of likely N-dealkylation sites (N-methyl/N-ethyl adjacent to an activating group) is 1. The van der Waals surface area contributed by atoms with Gasteiger partial charge in [-0.25, -0.2) is 0 Å². The van der Waals surface area contributed by atoms with Gasteiger partial charge in [-0.05, 0) is 78.6 Å². The van der Waals surface area contributed by atoms with Crippen LogP contribution in [0.1, 0.15) is 22.3 Å². The number of hydrogen-bond donors (Lipinski definition) is 0. The molecule has 1 fully saturated rings. The largest absolute Gasteiger partial charge is 0.298 e. The molecule has 1 heterocycles. The Bertz CT molecular complexity index is 889. The molecule has 2 aromatic rings. The lowest BCUT2D eigenvalue weighted by Gasteiger charge is -2.29. The van der Waals surface area contributed by atoms with Crippen molar-refractivity contribution in [2.45, 2.75) is 13.8 Å². The minimum atomic E-state index is 0.757. The van der Waals surface area contributed by atoms with Crippen molar-refractivity contribution in [1.82, 2.24) is 4.90 Å². The molecule has 0 spiro atoms. The van der Waals surface area contributed by atoms with Gasteiger partial charge in [0.15, 0.2) is 0 Å². The lowest BCUT2D eigenvalue weighted by molar-refractivity contribution is 0.396. The highest BCUT2D eigenvalue weighted by Crippen LogP contribution is 2.23. The van der Waals surface area contributed by atoms with Crippen molar-refractivity contribution in [2.75, 3.05) is 27.2 Å². The van der Waals surface area contributed by atoms with Crippen molar-refractivity contribution >= 4 is 29.5 Å². The highest BCUT2D eigenvalue weighted by molar-refractivity contribution is 6.30. The maximum atomic E-state index is 6.01. The first-order chi connectivity index (χ1) is 12.5. The predicted molar refractivity (Wildman–Crippen MR) is 114 cm³/mol. The number of nitrogens with zero attached hydrogens (tertiary/aromatic N) is 2. The maximum absolute atomic E-state index is 6.01. The van der Waals surface area contributed by atoms with Crippen molar-refractivity contribution in [3.63, 3.8) is 0 Å². The molecule has 0 N–H and O–H groups in total. The second kappa shape index (κ2) is 8.03. The fourth-order valence-corrected chi connectivity index (χ4v) is 3.45. The van der Waals surface area contributed by atoms with Gasteiger partial charge in [-0.3, -0.25) is 9.89 Å². The van der Waals surface area contributed by atoms with E-state index in [1.165, 1.54) is 27.8 Å². The summed E-state index contributed by atoms with van der Waals surface area (Å²) < 4.78 is 0. The minimum absolute atomic E-state index is 0.757. The zero-order valence-electron chi connectivity index (χ0n) is 15.9. The van der Waals surface area contributed by atoms with Crippen molar-refractivity contribution in [2.24, 2.45) is 4.99 Å². The number of piperidine rings is 1. The Labute approximate surface area is 161 Å². The normalized spacial score (nSPS) is 20.3. The van der Waals surface area contributed by atoms with Crippen LogP contribution in [0.2, 0.25) is 5.02 Å². The van der Waals surface area contributed by atoms with E-state index >= 15 is 0 Å². The molecule has 134 valence electrons. The quantitative estimate of drug-likeness (QED) is 0.692. The molecule has 0 radical (unpaired) electrons. The molecule has 2 nitrogen and oxygen atoms in total. The summed E-state index contributed by atoms with van der Waals surface area (Å²) in [5.41, 5.74) is 8.59. The highest BCUT2D eigenvalue weighted by atomic mass is 35.5. The van der Waals surface area contributed by atoms with E-state index in [1.807, 2.05) is 31.3 Å². The van der Waals surface area contributed by atoms with E-state index in [0.29, 0.717) is 0 Å². The highest BCUT2D eigenvalue weighted by Gasteiger charge is 2.21. The molecule has 3 heteroatoms. The Balaban J connectivity index is 1.99. The van der Waals surface area contributed by atoms with E-state index < -0.39 is 0 Å². The van der Waals surface area contributed by atoms with E-state index in [0.717, 1.165) is 29.4 Å². The smallest absolute Gasteiger partial charge is 0.0661 e. The molecule has 1 aliphatic heterocycles. The van der Waals surface area contributed by atoms with E-state index in [9.17, 15) is 0 Å². The summed E-state index contributed by atoms with van der Waals surface area (Å²) in [7, 11) is 4.03. The van der Waals surface area contributed by atoms with E-state index in [2.05, 4.69) is 61.1 Å². The van der Waals surface area contributed by atoms with Crippen LogP contribution in [0.15, 0.2) is 58.6 Å². The van der Waals surface area contributed by atoms with Gasteiger partial charge in [0.05, 0.1) is 5.71 Å².